The van der Waals surface area contributed by atoms with Crippen LogP contribution in [-0.2, 0) is 14.3 Å². The Morgan fingerprint density at radius 1 is 1.21 bits per heavy atom. The Labute approximate surface area is 168 Å². The van der Waals surface area contributed by atoms with Gasteiger partial charge in [0.1, 0.15) is 12.4 Å². The lowest BCUT2D eigenvalue weighted by Crippen LogP contribution is -2.52. The van der Waals surface area contributed by atoms with E-state index in [0.717, 1.165) is 4.90 Å². The monoisotopic (exact) mass is 408 g/mol. The molecule has 9 heteroatoms. The van der Waals surface area contributed by atoms with Gasteiger partial charge >= 0.3 is 12.1 Å². The smallest absolute Gasteiger partial charge is 0.410 e. The van der Waals surface area contributed by atoms with Crippen LogP contribution in [0.25, 0.3) is 0 Å². The molecule has 2 heterocycles. The second-order valence-electron chi connectivity index (χ2n) is 6.61. The molecule has 2 fully saturated rings. The van der Waals surface area contributed by atoms with Crippen molar-refractivity contribution in [2.75, 3.05) is 40.2 Å². The average Bonchev–Trinajstić information content (AvgIpc) is 3.13. The van der Waals surface area contributed by atoms with Crippen LogP contribution < -0.4 is 4.74 Å². The Morgan fingerprint density at radius 3 is 2.54 bits per heavy atom. The molecule has 1 atom stereocenters. The van der Waals surface area contributed by atoms with E-state index in [4.69, 9.17) is 14.2 Å². The number of carbonyl (C=O) groups excluding carboxylic acids is 3. The van der Waals surface area contributed by atoms with Gasteiger partial charge < -0.3 is 19.1 Å². The van der Waals surface area contributed by atoms with Crippen LogP contribution in [0.4, 0.5) is 4.79 Å². The third-order valence-electron chi connectivity index (χ3n) is 5.17. The van der Waals surface area contributed by atoms with E-state index in [9.17, 15) is 14.4 Å². The molecular weight excluding hydrogens is 384 g/mol. The van der Waals surface area contributed by atoms with E-state index < -0.39 is 18.1 Å². The molecule has 0 N–H and O–H groups in total. The number of piperidine rings is 1. The summed E-state index contributed by atoms with van der Waals surface area (Å²) in [5.41, 5.74) is 0.520. The number of amides is 2. The molecule has 2 aliphatic heterocycles. The van der Waals surface area contributed by atoms with Gasteiger partial charge in [-0.25, -0.2) is 9.59 Å². The fourth-order valence-electron chi connectivity index (χ4n) is 3.65. The molecule has 0 aliphatic carbocycles. The maximum Gasteiger partial charge on any atom is 0.410 e. The first kappa shape index (κ1) is 20.3. The highest BCUT2D eigenvalue weighted by atomic mass is 32.2. The van der Waals surface area contributed by atoms with Crippen molar-refractivity contribution < 1.29 is 28.6 Å². The Hall–Kier alpha value is -2.42. The number of benzene rings is 1. The van der Waals surface area contributed by atoms with Gasteiger partial charge in [-0.1, -0.05) is 0 Å². The number of hydrogen-bond donors (Lipinski definition) is 0. The van der Waals surface area contributed by atoms with Crippen molar-refractivity contribution in [2.24, 2.45) is 0 Å². The highest BCUT2D eigenvalue weighted by Gasteiger charge is 2.44. The van der Waals surface area contributed by atoms with Gasteiger partial charge in [0, 0.05) is 24.0 Å². The molecule has 8 nitrogen and oxygen atoms in total. The first-order chi connectivity index (χ1) is 13.5. The average molecular weight is 408 g/mol. The number of cyclic esters (lactones) is 1. The van der Waals surface area contributed by atoms with E-state index in [1.54, 1.807) is 29.8 Å². The summed E-state index contributed by atoms with van der Waals surface area (Å²) < 4.78 is 15.2. The zero-order chi connectivity index (χ0) is 20.3. The molecule has 152 valence electrons. The third kappa shape index (κ3) is 3.89. The summed E-state index contributed by atoms with van der Waals surface area (Å²) in [6.45, 7) is 0.965. The van der Waals surface area contributed by atoms with Crippen molar-refractivity contribution in [2.45, 2.75) is 29.8 Å². The summed E-state index contributed by atoms with van der Waals surface area (Å²) in [6.07, 6.45) is 2.60. The second kappa shape index (κ2) is 8.72. The molecule has 3 rings (SSSR count). The number of carbonyl (C=O) groups is 3. The molecule has 0 saturated carbocycles. The normalized spacial score (nSPS) is 20.1. The summed E-state index contributed by atoms with van der Waals surface area (Å²) in [5, 5.41) is 0. The van der Waals surface area contributed by atoms with E-state index >= 15 is 0 Å². The summed E-state index contributed by atoms with van der Waals surface area (Å²) in [6, 6.07) is 4.65. The zero-order valence-electron chi connectivity index (χ0n) is 16.2. The number of thioether (sulfide) groups is 1. The fraction of sp³-hybridized carbons (Fsp3) is 0.526. The molecule has 2 aliphatic rings. The SMILES string of the molecule is COC(=O)[C@@H]1COC(=O)N1C1CCN(C(=O)c2ccc(SC)cc2OC)CC1. The minimum Gasteiger partial charge on any atom is -0.496 e. The lowest BCUT2D eigenvalue weighted by molar-refractivity contribution is -0.145. The quantitative estimate of drug-likeness (QED) is 0.544. The van der Waals surface area contributed by atoms with Crippen LogP contribution in [0.15, 0.2) is 23.1 Å². The van der Waals surface area contributed by atoms with Crippen LogP contribution in [0.3, 0.4) is 0 Å². The molecule has 1 aromatic rings. The largest absolute Gasteiger partial charge is 0.496 e. The van der Waals surface area contributed by atoms with Gasteiger partial charge in [0.05, 0.1) is 19.8 Å². The van der Waals surface area contributed by atoms with Crippen molar-refractivity contribution in [3.05, 3.63) is 23.8 Å². The first-order valence-electron chi connectivity index (χ1n) is 9.04. The molecule has 1 aromatic carbocycles. The van der Waals surface area contributed by atoms with Gasteiger partial charge in [-0.3, -0.25) is 9.69 Å². The lowest BCUT2D eigenvalue weighted by Gasteiger charge is -2.37. The van der Waals surface area contributed by atoms with Gasteiger partial charge in [-0.05, 0) is 37.3 Å². The molecular formula is C19H24N2O6S. The lowest BCUT2D eigenvalue weighted by atomic mass is 10.0. The Balaban J connectivity index is 1.67. The van der Waals surface area contributed by atoms with E-state index in [-0.39, 0.29) is 18.6 Å². The van der Waals surface area contributed by atoms with Crippen LogP contribution in [0.2, 0.25) is 0 Å². The van der Waals surface area contributed by atoms with E-state index in [1.165, 1.54) is 12.0 Å². The molecule has 0 bridgehead atoms. The van der Waals surface area contributed by atoms with Crippen molar-refractivity contribution >= 4 is 29.7 Å². The maximum atomic E-state index is 13.0. The van der Waals surface area contributed by atoms with Crippen LogP contribution in [-0.4, -0.2) is 80.0 Å². The molecule has 28 heavy (non-hydrogen) atoms. The third-order valence-corrected chi connectivity index (χ3v) is 5.89. The van der Waals surface area contributed by atoms with E-state index in [1.807, 2.05) is 18.4 Å². The zero-order valence-corrected chi connectivity index (χ0v) is 17.0. The predicted octanol–water partition coefficient (Wildman–Crippen LogP) is 2.02. The Kier molecular flexibility index (Phi) is 6.33. The first-order valence-corrected chi connectivity index (χ1v) is 10.3. The van der Waals surface area contributed by atoms with Crippen LogP contribution in [0, 0.1) is 0 Å². The summed E-state index contributed by atoms with van der Waals surface area (Å²) in [5.74, 6) is -0.0349. The standard InChI is InChI=1S/C19H24N2O6S/c1-25-16-10-13(28-3)4-5-14(16)17(22)20-8-6-12(7-9-20)21-15(18(23)26-2)11-27-19(21)24/h4-5,10,12,15H,6-9,11H2,1-3H3/t15-/m0/s1. The predicted molar refractivity (Wildman–Crippen MR) is 103 cm³/mol. The van der Waals surface area contributed by atoms with Crippen molar-refractivity contribution in [3.63, 3.8) is 0 Å². The van der Waals surface area contributed by atoms with E-state index in [2.05, 4.69) is 0 Å². The van der Waals surface area contributed by atoms with Crippen molar-refractivity contribution in [1.82, 2.24) is 9.80 Å². The van der Waals surface area contributed by atoms with Crippen LogP contribution >= 0.6 is 11.8 Å². The highest BCUT2D eigenvalue weighted by molar-refractivity contribution is 7.98. The molecule has 0 spiro atoms. The van der Waals surface area contributed by atoms with Gasteiger partial charge in [-0.15, -0.1) is 11.8 Å². The van der Waals surface area contributed by atoms with Crippen molar-refractivity contribution in [1.29, 1.82) is 0 Å². The minimum absolute atomic E-state index is 0.00361. The van der Waals surface area contributed by atoms with E-state index in [0.29, 0.717) is 37.2 Å². The van der Waals surface area contributed by atoms with Crippen molar-refractivity contribution in [3.8, 4) is 5.75 Å². The minimum atomic E-state index is -0.719. The number of methoxy groups -OCH3 is 2. The molecule has 2 saturated heterocycles. The summed E-state index contributed by atoms with van der Waals surface area (Å²) in [7, 11) is 2.84. The number of rotatable bonds is 5. The summed E-state index contributed by atoms with van der Waals surface area (Å²) >= 11 is 1.58. The second-order valence-corrected chi connectivity index (χ2v) is 7.49. The van der Waals surface area contributed by atoms with Crippen LogP contribution in [0.5, 0.6) is 5.75 Å². The number of esters is 1. The number of hydrogen-bond acceptors (Lipinski definition) is 7. The maximum absolute atomic E-state index is 13.0. The molecule has 0 unspecified atom stereocenters. The fourth-order valence-corrected chi connectivity index (χ4v) is 4.08. The Morgan fingerprint density at radius 2 is 1.93 bits per heavy atom. The molecule has 0 radical (unpaired) electrons. The van der Waals surface area contributed by atoms with Gasteiger partial charge in [0.2, 0.25) is 0 Å². The number of likely N-dealkylation sites (tertiary alicyclic amines) is 1. The highest BCUT2D eigenvalue weighted by Crippen LogP contribution is 2.29. The molecule has 2 amide bonds. The number of nitrogens with zero attached hydrogens (tertiary/aromatic N) is 2. The molecule has 0 aromatic heterocycles. The summed E-state index contributed by atoms with van der Waals surface area (Å²) in [4.78, 5) is 41.2. The number of ether oxygens (including phenoxy) is 3. The van der Waals surface area contributed by atoms with Gasteiger partial charge in [-0.2, -0.15) is 0 Å². The van der Waals surface area contributed by atoms with Crippen LogP contribution in [0.1, 0.15) is 23.2 Å². The van der Waals surface area contributed by atoms with Gasteiger partial charge in [0.25, 0.3) is 5.91 Å². The topological polar surface area (TPSA) is 85.4 Å². The van der Waals surface area contributed by atoms with Gasteiger partial charge in [0.15, 0.2) is 6.04 Å². The Bertz CT molecular complexity index is 763.